The van der Waals surface area contributed by atoms with E-state index in [9.17, 15) is 0 Å². The zero-order valence-corrected chi connectivity index (χ0v) is 13.8. The molecule has 5 heteroatoms. The molecule has 108 valence electrons. The second kappa shape index (κ2) is 5.62. The largest absolute Gasteiger partial charge is 0.354 e. The van der Waals surface area contributed by atoms with Gasteiger partial charge in [-0.2, -0.15) is 0 Å². The van der Waals surface area contributed by atoms with Gasteiger partial charge in [0, 0.05) is 17.5 Å². The van der Waals surface area contributed by atoms with Crippen LogP contribution in [0.15, 0.2) is 23.6 Å². The number of hydrogen-bond donors (Lipinski definition) is 1. The van der Waals surface area contributed by atoms with E-state index in [1.807, 2.05) is 6.92 Å². The van der Waals surface area contributed by atoms with E-state index in [1.165, 1.54) is 16.7 Å². The zero-order chi connectivity index (χ0) is 15.0. The third-order valence-corrected chi connectivity index (χ3v) is 4.54. The lowest BCUT2D eigenvalue weighted by molar-refractivity contribution is 1.11. The summed E-state index contributed by atoms with van der Waals surface area (Å²) in [6.07, 6.45) is 0. The van der Waals surface area contributed by atoms with Crippen LogP contribution < -0.4 is 5.32 Å². The number of anilines is 1. The molecule has 2 heterocycles. The van der Waals surface area contributed by atoms with Crippen molar-refractivity contribution >= 4 is 39.1 Å². The number of aromatic nitrogens is 2. The van der Waals surface area contributed by atoms with Gasteiger partial charge in [0.1, 0.15) is 9.98 Å². The monoisotopic (exact) mass is 317 g/mol. The Balaban J connectivity index is 2.20. The van der Waals surface area contributed by atoms with Gasteiger partial charge in [-0.1, -0.05) is 35.4 Å². The lowest BCUT2D eigenvalue weighted by atomic mass is 9.99. The summed E-state index contributed by atoms with van der Waals surface area (Å²) in [6, 6.07) is 6.44. The minimum absolute atomic E-state index is 0.507. The number of rotatable bonds is 3. The van der Waals surface area contributed by atoms with E-state index in [2.05, 4.69) is 52.7 Å². The Morgan fingerprint density at radius 3 is 2.71 bits per heavy atom. The van der Waals surface area contributed by atoms with Crippen molar-refractivity contribution in [1.82, 2.24) is 9.97 Å². The van der Waals surface area contributed by atoms with Gasteiger partial charge in [-0.05, 0) is 31.9 Å². The fraction of sp³-hybridized carbons (Fsp3) is 0.250. The fourth-order valence-electron chi connectivity index (χ4n) is 2.45. The van der Waals surface area contributed by atoms with Crippen LogP contribution in [0, 0.1) is 13.8 Å². The van der Waals surface area contributed by atoms with Gasteiger partial charge < -0.3 is 5.32 Å². The van der Waals surface area contributed by atoms with Crippen LogP contribution in [0.3, 0.4) is 0 Å². The predicted molar refractivity (Wildman–Crippen MR) is 91.5 cm³/mol. The van der Waals surface area contributed by atoms with Gasteiger partial charge in [-0.15, -0.1) is 11.3 Å². The third kappa shape index (κ3) is 2.61. The maximum absolute atomic E-state index is 6.39. The van der Waals surface area contributed by atoms with Crippen LogP contribution in [0.5, 0.6) is 0 Å². The van der Waals surface area contributed by atoms with Gasteiger partial charge in [-0.3, -0.25) is 0 Å². The summed E-state index contributed by atoms with van der Waals surface area (Å²) in [5, 5.41) is 6.66. The predicted octanol–water partition coefficient (Wildman–Crippen LogP) is 5.06. The second-order valence-electron chi connectivity index (χ2n) is 5.02. The van der Waals surface area contributed by atoms with Crippen molar-refractivity contribution < 1.29 is 0 Å². The van der Waals surface area contributed by atoms with Crippen molar-refractivity contribution in [1.29, 1.82) is 0 Å². The summed E-state index contributed by atoms with van der Waals surface area (Å²) < 4.78 is 0. The number of fused-ring (bicyclic) bond motifs is 1. The molecule has 0 aliphatic heterocycles. The third-order valence-electron chi connectivity index (χ3n) is 3.40. The molecule has 2 aromatic heterocycles. The van der Waals surface area contributed by atoms with Gasteiger partial charge in [0.05, 0.1) is 5.39 Å². The Bertz CT molecular complexity index is 811. The fourth-order valence-corrected chi connectivity index (χ4v) is 3.72. The molecule has 0 amide bonds. The molecule has 0 bridgehead atoms. The highest BCUT2D eigenvalue weighted by atomic mass is 35.5. The zero-order valence-electron chi connectivity index (χ0n) is 12.2. The smallest absolute Gasteiger partial charge is 0.225 e. The summed E-state index contributed by atoms with van der Waals surface area (Å²) in [5.41, 5.74) is 4.79. The molecule has 3 nitrogen and oxygen atoms in total. The lowest BCUT2D eigenvalue weighted by Gasteiger charge is -2.07. The molecule has 0 atom stereocenters. The Kier molecular flexibility index (Phi) is 3.83. The summed E-state index contributed by atoms with van der Waals surface area (Å²) in [4.78, 5) is 9.80. The quantitative estimate of drug-likeness (QED) is 0.686. The molecule has 1 aromatic carbocycles. The van der Waals surface area contributed by atoms with Gasteiger partial charge in [0.15, 0.2) is 0 Å². The van der Waals surface area contributed by atoms with Crippen LogP contribution in [0.4, 0.5) is 5.95 Å². The molecular formula is C16H16ClN3S. The van der Waals surface area contributed by atoms with E-state index >= 15 is 0 Å². The molecule has 0 saturated heterocycles. The van der Waals surface area contributed by atoms with E-state index in [4.69, 9.17) is 11.6 Å². The average molecular weight is 318 g/mol. The van der Waals surface area contributed by atoms with Gasteiger partial charge >= 0.3 is 0 Å². The van der Waals surface area contributed by atoms with E-state index in [0.29, 0.717) is 11.1 Å². The molecule has 0 fully saturated rings. The molecule has 0 spiro atoms. The van der Waals surface area contributed by atoms with E-state index < -0.39 is 0 Å². The lowest BCUT2D eigenvalue weighted by Crippen LogP contribution is -2.01. The Labute approximate surface area is 133 Å². The second-order valence-corrected chi connectivity index (χ2v) is 6.23. The Morgan fingerprint density at radius 2 is 2.00 bits per heavy atom. The molecular weight excluding hydrogens is 302 g/mol. The van der Waals surface area contributed by atoms with Crippen LogP contribution in [0.25, 0.3) is 21.3 Å². The van der Waals surface area contributed by atoms with Crippen LogP contribution >= 0.6 is 22.9 Å². The highest BCUT2D eigenvalue weighted by molar-refractivity contribution is 7.17. The number of benzene rings is 1. The van der Waals surface area contributed by atoms with Crippen molar-refractivity contribution in [2.75, 3.05) is 11.9 Å². The number of halogens is 1. The Morgan fingerprint density at radius 1 is 1.19 bits per heavy atom. The first-order valence-electron chi connectivity index (χ1n) is 6.86. The van der Waals surface area contributed by atoms with Crippen LogP contribution in [0.1, 0.15) is 18.1 Å². The summed E-state index contributed by atoms with van der Waals surface area (Å²) in [5.74, 6) is 0.587. The maximum atomic E-state index is 6.39. The Hall–Kier alpha value is -1.65. The van der Waals surface area contributed by atoms with Gasteiger partial charge in [-0.25, -0.2) is 9.97 Å². The molecule has 21 heavy (non-hydrogen) atoms. The normalized spacial score (nSPS) is 11.0. The molecule has 0 aliphatic rings. The van der Waals surface area contributed by atoms with Crippen molar-refractivity contribution in [2.24, 2.45) is 0 Å². The molecule has 0 aliphatic carbocycles. The van der Waals surface area contributed by atoms with E-state index in [1.54, 1.807) is 11.3 Å². The van der Waals surface area contributed by atoms with E-state index in [0.717, 1.165) is 22.3 Å². The van der Waals surface area contributed by atoms with Crippen LogP contribution in [-0.4, -0.2) is 16.5 Å². The van der Waals surface area contributed by atoms with Crippen molar-refractivity contribution in [3.05, 3.63) is 39.9 Å². The number of hydrogen-bond acceptors (Lipinski definition) is 4. The number of nitrogens with one attached hydrogen (secondary N) is 1. The molecule has 0 saturated carbocycles. The summed E-state index contributed by atoms with van der Waals surface area (Å²) >= 11 is 7.99. The van der Waals surface area contributed by atoms with Crippen molar-refractivity contribution in [2.45, 2.75) is 20.8 Å². The molecule has 1 N–H and O–H groups in total. The minimum atomic E-state index is 0.507. The summed E-state index contributed by atoms with van der Waals surface area (Å²) in [6.45, 7) is 7.00. The van der Waals surface area contributed by atoms with Crippen LogP contribution in [0.2, 0.25) is 5.15 Å². The van der Waals surface area contributed by atoms with Crippen molar-refractivity contribution in [3.8, 4) is 11.1 Å². The van der Waals surface area contributed by atoms with Gasteiger partial charge in [0.25, 0.3) is 0 Å². The highest BCUT2D eigenvalue weighted by Crippen LogP contribution is 2.38. The first-order chi connectivity index (χ1) is 10.1. The average Bonchev–Trinajstić information content (AvgIpc) is 2.83. The first-order valence-corrected chi connectivity index (χ1v) is 8.12. The number of thiophene rings is 1. The molecule has 0 radical (unpaired) electrons. The topological polar surface area (TPSA) is 37.8 Å². The highest BCUT2D eigenvalue weighted by Gasteiger charge is 2.15. The molecule has 3 aromatic rings. The van der Waals surface area contributed by atoms with Crippen molar-refractivity contribution in [3.63, 3.8) is 0 Å². The summed E-state index contributed by atoms with van der Waals surface area (Å²) in [7, 11) is 0. The molecule has 0 unspecified atom stereocenters. The number of nitrogens with zero attached hydrogens (tertiary/aromatic N) is 2. The SMILES string of the molecule is CCNc1nc(Cl)c2c(-c3ccc(C)cc3C)csc2n1. The number of aryl methyl sites for hydroxylation is 2. The standard InChI is InChI=1S/C16H16ClN3S/c1-4-18-16-19-14(17)13-12(8-21-15(13)20-16)11-6-5-9(2)7-10(11)3/h5-8H,4H2,1-3H3,(H,18,19,20). The first kappa shape index (κ1) is 14.3. The van der Waals surface area contributed by atoms with E-state index in [-0.39, 0.29) is 0 Å². The minimum Gasteiger partial charge on any atom is -0.354 e. The van der Waals surface area contributed by atoms with Gasteiger partial charge in [0.2, 0.25) is 5.95 Å². The molecule has 3 rings (SSSR count). The maximum Gasteiger partial charge on any atom is 0.225 e. The van der Waals surface area contributed by atoms with Crippen LogP contribution in [-0.2, 0) is 0 Å².